The number of anilines is 3. The Labute approximate surface area is 182 Å². The van der Waals surface area contributed by atoms with Crippen LogP contribution in [-0.2, 0) is 20.4 Å². The summed E-state index contributed by atoms with van der Waals surface area (Å²) >= 11 is 0. The second-order valence-electron chi connectivity index (χ2n) is 7.40. The van der Waals surface area contributed by atoms with Crippen LogP contribution in [0.2, 0.25) is 0 Å². The van der Waals surface area contributed by atoms with E-state index in [4.69, 9.17) is 9.47 Å². The number of alkyl halides is 3. The molecule has 0 saturated carbocycles. The monoisotopic (exact) mass is 452 g/mol. The van der Waals surface area contributed by atoms with Gasteiger partial charge in [0.2, 0.25) is 11.9 Å². The van der Waals surface area contributed by atoms with Crippen molar-refractivity contribution in [2.45, 2.75) is 13.1 Å². The second kappa shape index (κ2) is 9.25. The maximum Gasteiger partial charge on any atom is 0.434 e. The molecule has 0 spiro atoms. The molecule has 2 saturated heterocycles. The van der Waals surface area contributed by atoms with E-state index in [2.05, 4.69) is 25.2 Å². The van der Waals surface area contributed by atoms with E-state index in [1.165, 1.54) is 6.92 Å². The maximum absolute atomic E-state index is 13.9. The smallest absolute Gasteiger partial charge is 0.378 e. The molecule has 9 nitrogen and oxygen atoms in total. The lowest BCUT2D eigenvalue weighted by Crippen LogP contribution is -2.38. The average molecular weight is 452 g/mol. The summed E-state index contributed by atoms with van der Waals surface area (Å²) in [5.74, 6) is -0.411. The zero-order valence-electron chi connectivity index (χ0n) is 17.5. The Balaban J connectivity index is 1.81. The van der Waals surface area contributed by atoms with Crippen LogP contribution in [0.5, 0.6) is 0 Å². The number of carbonyl (C=O) groups is 1. The molecule has 0 unspecified atom stereocenters. The number of ether oxygens (including phenoxy) is 2. The molecule has 12 heteroatoms. The molecule has 2 aromatic rings. The zero-order valence-corrected chi connectivity index (χ0v) is 17.5. The van der Waals surface area contributed by atoms with Crippen molar-refractivity contribution in [2.75, 3.05) is 67.7 Å². The van der Waals surface area contributed by atoms with Crippen LogP contribution in [0, 0.1) is 0 Å². The molecule has 0 aliphatic carbocycles. The van der Waals surface area contributed by atoms with Gasteiger partial charge in [0.15, 0.2) is 5.69 Å². The highest BCUT2D eigenvalue weighted by molar-refractivity contribution is 5.86. The van der Waals surface area contributed by atoms with Gasteiger partial charge in [-0.1, -0.05) is 0 Å². The van der Waals surface area contributed by atoms with Crippen LogP contribution in [0.4, 0.5) is 30.6 Å². The molecule has 2 aliphatic rings. The number of pyridine rings is 1. The maximum atomic E-state index is 13.9. The number of carbonyl (C=O) groups excluding carboxylic acids is 1. The first kappa shape index (κ1) is 22.2. The van der Waals surface area contributed by atoms with E-state index in [-0.39, 0.29) is 11.3 Å². The summed E-state index contributed by atoms with van der Waals surface area (Å²) in [6.45, 7) is 5.69. The van der Waals surface area contributed by atoms with E-state index in [9.17, 15) is 18.0 Å². The molecular weight excluding hydrogens is 429 g/mol. The van der Waals surface area contributed by atoms with Crippen LogP contribution < -0.4 is 15.1 Å². The number of morpholine rings is 2. The molecule has 2 fully saturated rings. The van der Waals surface area contributed by atoms with Crippen molar-refractivity contribution in [3.8, 4) is 11.3 Å². The highest BCUT2D eigenvalue weighted by Gasteiger charge is 2.37. The SMILES string of the molecule is CC(=O)Nc1ncc(-c2cc(N3CCOCC3)cc(N3CCOCC3)n2)c(C(F)(F)F)n1. The Morgan fingerprint density at radius 2 is 1.62 bits per heavy atom. The fraction of sp³-hybridized carbons (Fsp3) is 0.500. The lowest BCUT2D eigenvalue weighted by molar-refractivity contribution is -0.140. The van der Waals surface area contributed by atoms with Gasteiger partial charge in [0.1, 0.15) is 5.82 Å². The Hall–Kier alpha value is -2.99. The predicted octanol–water partition coefficient (Wildman–Crippen LogP) is 2.19. The topological polar surface area (TPSA) is 92.7 Å². The van der Waals surface area contributed by atoms with Gasteiger partial charge in [-0.25, -0.2) is 15.0 Å². The van der Waals surface area contributed by atoms with Gasteiger partial charge in [-0.05, 0) is 6.07 Å². The number of rotatable bonds is 4. The van der Waals surface area contributed by atoms with Gasteiger partial charge in [0.25, 0.3) is 0 Å². The van der Waals surface area contributed by atoms with E-state index in [0.29, 0.717) is 58.4 Å². The van der Waals surface area contributed by atoms with Gasteiger partial charge in [0, 0.05) is 56.6 Å². The van der Waals surface area contributed by atoms with Gasteiger partial charge in [-0.3, -0.25) is 10.1 Å². The molecule has 2 aliphatic heterocycles. The van der Waals surface area contributed by atoms with E-state index >= 15 is 0 Å². The molecule has 1 amide bonds. The van der Waals surface area contributed by atoms with E-state index in [1.807, 2.05) is 11.0 Å². The van der Waals surface area contributed by atoms with Crippen LogP contribution in [0.3, 0.4) is 0 Å². The third-order valence-corrected chi connectivity index (χ3v) is 5.13. The predicted molar refractivity (Wildman–Crippen MR) is 111 cm³/mol. The summed E-state index contributed by atoms with van der Waals surface area (Å²) in [4.78, 5) is 27.3. The minimum Gasteiger partial charge on any atom is -0.378 e. The number of aromatic nitrogens is 3. The summed E-state index contributed by atoms with van der Waals surface area (Å²) in [6, 6.07) is 3.49. The van der Waals surface area contributed by atoms with Crippen LogP contribution in [0.15, 0.2) is 18.3 Å². The number of amides is 1. The van der Waals surface area contributed by atoms with Gasteiger partial charge in [-0.2, -0.15) is 13.2 Å². The largest absolute Gasteiger partial charge is 0.434 e. The average Bonchev–Trinajstić information content (AvgIpc) is 2.79. The molecule has 0 bridgehead atoms. The van der Waals surface area contributed by atoms with Crippen LogP contribution >= 0.6 is 0 Å². The first-order valence-corrected chi connectivity index (χ1v) is 10.2. The molecule has 4 rings (SSSR count). The second-order valence-corrected chi connectivity index (χ2v) is 7.40. The van der Waals surface area contributed by atoms with Crippen molar-refractivity contribution in [3.63, 3.8) is 0 Å². The zero-order chi connectivity index (χ0) is 22.7. The Morgan fingerprint density at radius 3 is 2.22 bits per heavy atom. The standard InChI is InChI=1S/C20H23F3N6O3/c1-13(30)25-19-24-12-15(18(27-19)20(21,22)23)16-10-14(28-2-6-31-7-3-28)11-17(26-16)29-4-8-32-9-5-29/h10-12H,2-9H2,1H3,(H,24,25,27,30). The van der Waals surface area contributed by atoms with Crippen molar-refractivity contribution in [1.29, 1.82) is 0 Å². The summed E-state index contributed by atoms with van der Waals surface area (Å²) < 4.78 is 52.4. The van der Waals surface area contributed by atoms with Crippen LogP contribution in [-0.4, -0.2) is 73.5 Å². The van der Waals surface area contributed by atoms with E-state index in [0.717, 1.165) is 11.9 Å². The minimum absolute atomic E-state index is 0.109. The molecule has 4 heterocycles. The van der Waals surface area contributed by atoms with Crippen LogP contribution in [0.1, 0.15) is 12.6 Å². The molecule has 0 aromatic carbocycles. The fourth-order valence-corrected chi connectivity index (χ4v) is 3.60. The van der Waals surface area contributed by atoms with Crippen LogP contribution in [0.25, 0.3) is 11.3 Å². The third-order valence-electron chi connectivity index (χ3n) is 5.13. The normalized spacial score (nSPS) is 17.4. The minimum atomic E-state index is -4.76. The van der Waals surface area contributed by atoms with Gasteiger partial charge >= 0.3 is 6.18 Å². The van der Waals surface area contributed by atoms with Crippen molar-refractivity contribution in [1.82, 2.24) is 15.0 Å². The molecule has 172 valence electrons. The number of hydrogen-bond donors (Lipinski definition) is 1. The summed E-state index contributed by atoms with van der Waals surface area (Å²) in [5.41, 5.74) is -0.553. The quantitative estimate of drug-likeness (QED) is 0.755. The first-order valence-electron chi connectivity index (χ1n) is 10.2. The highest BCUT2D eigenvalue weighted by atomic mass is 19.4. The highest BCUT2D eigenvalue weighted by Crippen LogP contribution is 2.37. The lowest BCUT2D eigenvalue weighted by atomic mass is 10.1. The van der Waals surface area contributed by atoms with Crippen molar-refractivity contribution < 1.29 is 27.4 Å². The van der Waals surface area contributed by atoms with E-state index in [1.54, 1.807) is 6.07 Å². The molecule has 32 heavy (non-hydrogen) atoms. The third kappa shape index (κ3) is 5.07. The van der Waals surface area contributed by atoms with E-state index < -0.39 is 23.7 Å². The molecule has 0 radical (unpaired) electrons. The van der Waals surface area contributed by atoms with Crippen molar-refractivity contribution in [2.24, 2.45) is 0 Å². The number of halogens is 3. The first-order chi connectivity index (χ1) is 15.3. The molecule has 1 N–H and O–H groups in total. The Kier molecular flexibility index (Phi) is 6.42. The van der Waals surface area contributed by atoms with Crippen molar-refractivity contribution >= 4 is 23.4 Å². The van der Waals surface area contributed by atoms with Crippen molar-refractivity contribution in [3.05, 3.63) is 24.0 Å². The van der Waals surface area contributed by atoms with Gasteiger partial charge in [0.05, 0.1) is 32.1 Å². The summed E-state index contributed by atoms with van der Waals surface area (Å²) in [6.07, 6.45) is -3.71. The summed E-state index contributed by atoms with van der Waals surface area (Å²) in [5, 5.41) is 2.20. The fourth-order valence-electron chi connectivity index (χ4n) is 3.60. The lowest BCUT2D eigenvalue weighted by Gasteiger charge is -2.32. The Morgan fingerprint density at radius 1 is 1.00 bits per heavy atom. The number of nitrogens with zero attached hydrogens (tertiary/aromatic N) is 5. The van der Waals surface area contributed by atoms with Gasteiger partial charge in [-0.15, -0.1) is 0 Å². The molecule has 2 aromatic heterocycles. The molecule has 0 atom stereocenters. The summed E-state index contributed by atoms with van der Waals surface area (Å²) in [7, 11) is 0. The Bertz CT molecular complexity index is 939. The van der Waals surface area contributed by atoms with Gasteiger partial charge < -0.3 is 19.3 Å². The number of hydrogen-bond acceptors (Lipinski definition) is 8. The number of nitrogens with one attached hydrogen (secondary N) is 1. The molecular formula is C20H23F3N6O3.